The van der Waals surface area contributed by atoms with Crippen molar-refractivity contribution in [3.05, 3.63) is 55.8 Å². The minimum absolute atomic E-state index is 0.0420. The zero-order valence-electron chi connectivity index (χ0n) is 13.2. The summed E-state index contributed by atoms with van der Waals surface area (Å²) in [5, 5.41) is 13.0. The van der Waals surface area contributed by atoms with E-state index < -0.39 is 4.92 Å². The molecule has 24 heavy (non-hydrogen) atoms. The normalized spacial score (nSPS) is 10.2. The van der Waals surface area contributed by atoms with Gasteiger partial charge < -0.3 is 9.64 Å². The number of aldehydes is 1. The SMILES string of the molecule is Cc1ccsc1CN(C)C(=O)COc1ccc(C=O)cc1[N+](=O)[O-]. The average molecular weight is 348 g/mol. The van der Waals surface area contributed by atoms with Crippen LogP contribution in [-0.4, -0.2) is 35.7 Å². The number of hydrogen-bond acceptors (Lipinski definition) is 6. The van der Waals surface area contributed by atoms with Gasteiger partial charge in [-0.05, 0) is 36.1 Å². The molecule has 0 atom stereocenters. The highest BCUT2D eigenvalue weighted by atomic mass is 32.1. The Labute approximate surface area is 142 Å². The summed E-state index contributed by atoms with van der Waals surface area (Å²) in [7, 11) is 1.65. The van der Waals surface area contributed by atoms with Gasteiger partial charge in [-0.1, -0.05) is 0 Å². The van der Waals surface area contributed by atoms with Gasteiger partial charge in [0.05, 0.1) is 11.5 Å². The van der Waals surface area contributed by atoms with Crippen LogP contribution in [0.5, 0.6) is 5.75 Å². The maximum atomic E-state index is 12.1. The molecule has 0 fully saturated rings. The topological polar surface area (TPSA) is 89.8 Å². The highest BCUT2D eigenvalue weighted by Gasteiger charge is 2.18. The quantitative estimate of drug-likeness (QED) is 0.436. The van der Waals surface area contributed by atoms with E-state index in [-0.39, 0.29) is 29.5 Å². The Morgan fingerprint density at radius 1 is 1.42 bits per heavy atom. The van der Waals surface area contributed by atoms with E-state index >= 15 is 0 Å². The molecule has 8 heteroatoms. The third-order valence-corrected chi connectivity index (χ3v) is 4.45. The van der Waals surface area contributed by atoms with E-state index in [1.807, 2.05) is 18.4 Å². The number of hydrogen-bond donors (Lipinski definition) is 0. The van der Waals surface area contributed by atoms with Crippen LogP contribution in [0.4, 0.5) is 5.69 Å². The summed E-state index contributed by atoms with van der Waals surface area (Å²) in [4.78, 5) is 35.8. The number of ether oxygens (including phenoxy) is 1. The van der Waals surface area contributed by atoms with Crippen LogP contribution in [0.2, 0.25) is 0 Å². The van der Waals surface area contributed by atoms with Crippen LogP contribution < -0.4 is 4.74 Å². The summed E-state index contributed by atoms with van der Waals surface area (Å²) in [6.45, 7) is 2.11. The van der Waals surface area contributed by atoms with E-state index in [1.54, 1.807) is 18.4 Å². The van der Waals surface area contributed by atoms with Crippen molar-refractivity contribution in [3.8, 4) is 5.75 Å². The van der Waals surface area contributed by atoms with E-state index in [1.165, 1.54) is 17.0 Å². The van der Waals surface area contributed by atoms with Crippen molar-refractivity contribution >= 4 is 29.2 Å². The molecule has 0 radical (unpaired) electrons. The van der Waals surface area contributed by atoms with Crippen molar-refractivity contribution in [2.75, 3.05) is 13.7 Å². The lowest BCUT2D eigenvalue weighted by Crippen LogP contribution is -2.31. The minimum Gasteiger partial charge on any atom is -0.477 e. The second-order valence-electron chi connectivity index (χ2n) is 5.17. The van der Waals surface area contributed by atoms with Gasteiger partial charge in [0, 0.05) is 23.6 Å². The van der Waals surface area contributed by atoms with E-state index in [0.29, 0.717) is 12.8 Å². The summed E-state index contributed by atoms with van der Waals surface area (Å²) in [5.41, 5.74) is 0.940. The second-order valence-corrected chi connectivity index (χ2v) is 6.17. The minimum atomic E-state index is -0.647. The van der Waals surface area contributed by atoms with Crippen LogP contribution in [0.25, 0.3) is 0 Å². The number of thiophene rings is 1. The van der Waals surface area contributed by atoms with Gasteiger partial charge >= 0.3 is 5.69 Å². The molecular formula is C16H16N2O5S. The number of carbonyl (C=O) groups excluding carboxylic acids is 2. The molecule has 1 aromatic carbocycles. The molecule has 7 nitrogen and oxygen atoms in total. The van der Waals surface area contributed by atoms with Crippen molar-refractivity contribution < 1.29 is 19.2 Å². The first kappa shape index (κ1) is 17.6. The Balaban J connectivity index is 2.02. The molecule has 0 aliphatic rings. The zero-order valence-corrected chi connectivity index (χ0v) is 14.0. The lowest BCUT2D eigenvalue weighted by molar-refractivity contribution is -0.385. The third-order valence-electron chi connectivity index (χ3n) is 3.44. The number of carbonyl (C=O) groups is 2. The predicted molar refractivity (Wildman–Crippen MR) is 89.5 cm³/mol. The Bertz CT molecular complexity index is 772. The molecule has 0 bridgehead atoms. The summed E-state index contributed by atoms with van der Waals surface area (Å²) in [6.07, 6.45) is 0.513. The molecule has 0 saturated carbocycles. The number of amides is 1. The number of aryl methyl sites for hydroxylation is 1. The first-order valence-corrected chi connectivity index (χ1v) is 7.93. The van der Waals surface area contributed by atoms with Gasteiger partial charge in [0.2, 0.25) is 0 Å². The Morgan fingerprint density at radius 2 is 2.17 bits per heavy atom. The summed E-state index contributed by atoms with van der Waals surface area (Å²) in [5.74, 6) is -0.337. The maximum absolute atomic E-state index is 12.1. The van der Waals surface area contributed by atoms with Gasteiger partial charge in [-0.15, -0.1) is 11.3 Å². The van der Waals surface area contributed by atoms with E-state index in [2.05, 4.69) is 0 Å². The number of nitro benzene ring substituents is 1. The largest absolute Gasteiger partial charge is 0.477 e. The first-order valence-electron chi connectivity index (χ1n) is 7.05. The monoisotopic (exact) mass is 348 g/mol. The van der Waals surface area contributed by atoms with Crippen LogP contribution in [-0.2, 0) is 11.3 Å². The van der Waals surface area contributed by atoms with Gasteiger partial charge in [-0.3, -0.25) is 19.7 Å². The first-order chi connectivity index (χ1) is 11.4. The van der Waals surface area contributed by atoms with Gasteiger partial charge in [0.25, 0.3) is 5.91 Å². The molecule has 1 amide bonds. The molecular weight excluding hydrogens is 332 g/mol. The fourth-order valence-corrected chi connectivity index (χ4v) is 2.95. The fraction of sp³-hybridized carbons (Fsp3) is 0.250. The van der Waals surface area contributed by atoms with Crippen LogP contribution in [0, 0.1) is 17.0 Å². The second kappa shape index (κ2) is 7.69. The average Bonchev–Trinajstić information content (AvgIpc) is 2.97. The van der Waals surface area contributed by atoms with Gasteiger partial charge in [0.15, 0.2) is 12.4 Å². The number of likely N-dealkylation sites (N-methyl/N-ethyl adjacent to an activating group) is 1. The number of benzene rings is 1. The van der Waals surface area contributed by atoms with Gasteiger partial charge in [-0.2, -0.15) is 0 Å². The number of nitrogens with zero attached hydrogens (tertiary/aromatic N) is 2. The van der Waals surface area contributed by atoms with Crippen molar-refractivity contribution in [2.45, 2.75) is 13.5 Å². The Hall–Kier alpha value is -2.74. The molecule has 1 heterocycles. The lowest BCUT2D eigenvalue weighted by atomic mass is 10.2. The van der Waals surface area contributed by atoms with E-state index in [0.717, 1.165) is 16.5 Å². The zero-order chi connectivity index (χ0) is 17.7. The third kappa shape index (κ3) is 4.17. The molecule has 2 aromatic rings. The number of nitro groups is 1. The molecule has 2 rings (SSSR count). The highest BCUT2D eigenvalue weighted by Crippen LogP contribution is 2.27. The number of rotatable bonds is 7. The molecule has 126 valence electrons. The summed E-state index contributed by atoms with van der Waals surface area (Å²) >= 11 is 1.56. The standard InChI is InChI=1S/C16H16N2O5S/c1-11-5-6-24-15(11)8-17(2)16(20)10-23-14-4-3-12(9-19)7-13(14)18(21)22/h3-7,9H,8,10H2,1-2H3. The molecule has 0 unspecified atom stereocenters. The molecule has 0 spiro atoms. The summed E-state index contributed by atoms with van der Waals surface area (Å²) < 4.78 is 5.28. The van der Waals surface area contributed by atoms with Gasteiger partial charge in [0.1, 0.15) is 6.29 Å². The maximum Gasteiger partial charge on any atom is 0.311 e. The van der Waals surface area contributed by atoms with Crippen LogP contribution >= 0.6 is 11.3 Å². The molecule has 0 aliphatic heterocycles. The lowest BCUT2D eigenvalue weighted by Gasteiger charge is -2.17. The molecule has 1 aromatic heterocycles. The molecule has 0 N–H and O–H groups in total. The molecule has 0 saturated heterocycles. The van der Waals surface area contributed by atoms with Crippen LogP contribution in [0.15, 0.2) is 29.6 Å². The van der Waals surface area contributed by atoms with E-state index in [9.17, 15) is 19.7 Å². The van der Waals surface area contributed by atoms with Crippen molar-refractivity contribution in [1.82, 2.24) is 4.90 Å². The van der Waals surface area contributed by atoms with E-state index in [4.69, 9.17) is 4.74 Å². The highest BCUT2D eigenvalue weighted by molar-refractivity contribution is 7.10. The van der Waals surface area contributed by atoms with Gasteiger partial charge in [-0.25, -0.2) is 0 Å². The predicted octanol–water partition coefficient (Wildman–Crippen LogP) is 2.81. The van der Waals surface area contributed by atoms with Crippen LogP contribution in [0.3, 0.4) is 0 Å². The van der Waals surface area contributed by atoms with Crippen molar-refractivity contribution in [1.29, 1.82) is 0 Å². The Morgan fingerprint density at radius 3 is 2.75 bits per heavy atom. The van der Waals surface area contributed by atoms with Crippen LogP contribution in [0.1, 0.15) is 20.8 Å². The summed E-state index contributed by atoms with van der Waals surface area (Å²) in [6, 6.07) is 5.81. The van der Waals surface area contributed by atoms with Crippen molar-refractivity contribution in [3.63, 3.8) is 0 Å². The molecule has 0 aliphatic carbocycles. The Kier molecular flexibility index (Phi) is 5.64. The smallest absolute Gasteiger partial charge is 0.311 e. The fourth-order valence-electron chi connectivity index (χ4n) is 1.99. The van der Waals surface area contributed by atoms with Crippen molar-refractivity contribution in [2.24, 2.45) is 0 Å².